The first-order valence-electron chi connectivity index (χ1n) is 6.60. The van der Waals surface area contributed by atoms with Crippen molar-refractivity contribution >= 4 is 5.97 Å². The summed E-state index contributed by atoms with van der Waals surface area (Å²) in [5.41, 5.74) is 0. The first-order valence-corrected chi connectivity index (χ1v) is 6.60. The van der Waals surface area contributed by atoms with E-state index in [2.05, 4.69) is 26.1 Å². The summed E-state index contributed by atoms with van der Waals surface area (Å²) in [6.45, 7) is 6.35. The smallest absolute Gasteiger partial charge is 0.320 e. The highest BCUT2D eigenvalue weighted by Crippen LogP contribution is 2.07. The molecule has 0 amide bonds. The van der Waals surface area contributed by atoms with Gasteiger partial charge in [0.05, 0.1) is 0 Å². The van der Waals surface area contributed by atoms with E-state index in [-0.39, 0.29) is 6.04 Å². The first-order chi connectivity index (χ1) is 7.61. The van der Waals surface area contributed by atoms with Crippen molar-refractivity contribution < 1.29 is 9.90 Å². The third-order valence-electron chi connectivity index (χ3n) is 2.87. The van der Waals surface area contributed by atoms with Gasteiger partial charge in [0.15, 0.2) is 0 Å². The average molecular weight is 229 g/mol. The summed E-state index contributed by atoms with van der Waals surface area (Å²) in [5, 5.41) is 12.3. The Bertz CT molecular complexity index is 183. The number of carboxylic acid groups (broad SMARTS) is 1. The fraction of sp³-hybridized carbons (Fsp3) is 0.923. The van der Waals surface area contributed by atoms with E-state index in [0.717, 1.165) is 25.7 Å². The van der Waals surface area contributed by atoms with E-state index in [1.54, 1.807) is 0 Å². The van der Waals surface area contributed by atoms with Gasteiger partial charge in [-0.2, -0.15) is 0 Å². The van der Waals surface area contributed by atoms with E-state index in [1.165, 1.54) is 19.3 Å². The number of rotatable bonds is 10. The van der Waals surface area contributed by atoms with E-state index in [0.29, 0.717) is 6.04 Å². The molecule has 3 heteroatoms. The first kappa shape index (κ1) is 15.4. The lowest BCUT2D eigenvalue weighted by Gasteiger charge is -2.19. The average Bonchev–Trinajstić information content (AvgIpc) is 2.24. The summed E-state index contributed by atoms with van der Waals surface area (Å²) in [7, 11) is 0. The van der Waals surface area contributed by atoms with Crippen molar-refractivity contribution in [1.29, 1.82) is 0 Å². The Labute approximate surface area is 99.6 Å². The van der Waals surface area contributed by atoms with Crippen LogP contribution in [0.4, 0.5) is 0 Å². The predicted octanol–water partition coefficient (Wildman–Crippen LogP) is 3.19. The fourth-order valence-electron chi connectivity index (χ4n) is 1.81. The molecule has 0 aliphatic heterocycles. The van der Waals surface area contributed by atoms with Crippen molar-refractivity contribution in [1.82, 2.24) is 5.32 Å². The Morgan fingerprint density at radius 2 is 1.75 bits per heavy atom. The second-order valence-corrected chi connectivity index (χ2v) is 4.60. The van der Waals surface area contributed by atoms with Gasteiger partial charge in [-0.15, -0.1) is 0 Å². The molecule has 0 aromatic rings. The number of carboxylic acids is 1. The van der Waals surface area contributed by atoms with Gasteiger partial charge >= 0.3 is 5.97 Å². The van der Waals surface area contributed by atoms with Crippen molar-refractivity contribution in [2.45, 2.75) is 77.8 Å². The standard InChI is InChI=1S/C13H27NO2/c1-4-6-8-9-11(3)14-12(13(15)16)10-7-5-2/h11-12,14H,4-10H2,1-3H3,(H,15,16). The zero-order valence-corrected chi connectivity index (χ0v) is 11.0. The lowest BCUT2D eigenvalue weighted by Crippen LogP contribution is -2.42. The Morgan fingerprint density at radius 1 is 1.12 bits per heavy atom. The molecule has 0 rings (SSSR count). The van der Waals surface area contributed by atoms with Gasteiger partial charge in [0, 0.05) is 6.04 Å². The van der Waals surface area contributed by atoms with Crippen LogP contribution in [0.25, 0.3) is 0 Å². The molecule has 2 N–H and O–H groups in total. The van der Waals surface area contributed by atoms with Crippen LogP contribution < -0.4 is 5.32 Å². The van der Waals surface area contributed by atoms with Gasteiger partial charge in [-0.05, 0) is 19.8 Å². The molecular formula is C13H27NO2. The summed E-state index contributed by atoms with van der Waals surface area (Å²) in [6, 6.07) is -0.0546. The van der Waals surface area contributed by atoms with Gasteiger partial charge in [-0.1, -0.05) is 46.0 Å². The Kier molecular flexibility index (Phi) is 9.30. The summed E-state index contributed by atoms with van der Waals surface area (Å²) >= 11 is 0. The van der Waals surface area contributed by atoms with Crippen LogP contribution in [-0.4, -0.2) is 23.2 Å². The highest BCUT2D eigenvalue weighted by atomic mass is 16.4. The fourth-order valence-corrected chi connectivity index (χ4v) is 1.81. The topological polar surface area (TPSA) is 49.3 Å². The molecule has 0 aliphatic carbocycles. The van der Waals surface area contributed by atoms with E-state index in [1.807, 2.05) is 0 Å². The highest BCUT2D eigenvalue weighted by Gasteiger charge is 2.18. The largest absolute Gasteiger partial charge is 0.480 e. The number of unbranched alkanes of at least 4 members (excludes halogenated alkanes) is 3. The molecule has 2 unspecified atom stereocenters. The van der Waals surface area contributed by atoms with Gasteiger partial charge in [0.2, 0.25) is 0 Å². The minimum Gasteiger partial charge on any atom is -0.480 e. The van der Waals surface area contributed by atoms with Crippen LogP contribution in [0.2, 0.25) is 0 Å². The molecule has 16 heavy (non-hydrogen) atoms. The summed E-state index contributed by atoms with van der Waals surface area (Å²) in [6.07, 6.45) is 7.48. The minimum absolute atomic E-state index is 0.310. The van der Waals surface area contributed by atoms with Crippen LogP contribution in [0.15, 0.2) is 0 Å². The van der Waals surface area contributed by atoms with Gasteiger partial charge < -0.3 is 10.4 Å². The van der Waals surface area contributed by atoms with Crippen LogP contribution >= 0.6 is 0 Å². The van der Waals surface area contributed by atoms with E-state index in [4.69, 9.17) is 5.11 Å². The van der Waals surface area contributed by atoms with E-state index < -0.39 is 5.97 Å². The lowest BCUT2D eigenvalue weighted by atomic mass is 10.1. The van der Waals surface area contributed by atoms with Crippen LogP contribution in [0.3, 0.4) is 0 Å². The normalized spacial score (nSPS) is 14.7. The molecule has 3 nitrogen and oxygen atoms in total. The molecule has 0 aromatic carbocycles. The number of hydrogen-bond acceptors (Lipinski definition) is 2. The number of aliphatic carboxylic acids is 1. The number of carbonyl (C=O) groups is 1. The molecule has 0 heterocycles. The van der Waals surface area contributed by atoms with Gasteiger partial charge in [0.1, 0.15) is 6.04 Å². The predicted molar refractivity (Wildman–Crippen MR) is 67.7 cm³/mol. The highest BCUT2D eigenvalue weighted by molar-refractivity contribution is 5.73. The zero-order valence-electron chi connectivity index (χ0n) is 11.0. The lowest BCUT2D eigenvalue weighted by molar-refractivity contribution is -0.139. The molecule has 0 aliphatic rings. The molecular weight excluding hydrogens is 202 g/mol. The van der Waals surface area contributed by atoms with Crippen LogP contribution in [0.5, 0.6) is 0 Å². The van der Waals surface area contributed by atoms with Gasteiger partial charge in [-0.25, -0.2) is 0 Å². The monoisotopic (exact) mass is 229 g/mol. The quantitative estimate of drug-likeness (QED) is 0.566. The zero-order chi connectivity index (χ0) is 12.4. The summed E-state index contributed by atoms with van der Waals surface area (Å²) in [5.74, 6) is -0.712. The SMILES string of the molecule is CCCCCC(C)NC(CCCC)C(=O)O. The van der Waals surface area contributed by atoms with Crippen molar-refractivity contribution in [2.75, 3.05) is 0 Å². The maximum absolute atomic E-state index is 11.0. The molecule has 0 saturated carbocycles. The van der Waals surface area contributed by atoms with Crippen molar-refractivity contribution in [3.8, 4) is 0 Å². The maximum Gasteiger partial charge on any atom is 0.320 e. The third-order valence-corrected chi connectivity index (χ3v) is 2.87. The number of hydrogen-bond donors (Lipinski definition) is 2. The molecule has 0 bridgehead atoms. The Hall–Kier alpha value is -0.570. The van der Waals surface area contributed by atoms with Crippen molar-refractivity contribution in [3.05, 3.63) is 0 Å². The second kappa shape index (κ2) is 9.64. The number of nitrogens with one attached hydrogen (secondary N) is 1. The van der Waals surface area contributed by atoms with E-state index in [9.17, 15) is 4.79 Å². The second-order valence-electron chi connectivity index (χ2n) is 4.60. The van der Waals surface area contributed by atoms with Gasteiger partial charge in [-0.3, -0.25) is 4.79 Å². The third kappa shape index (κ3) is 7.69. The van der Waals surface area contributed by atoms with Crippen molar-refractivity contribution in [2.24, 2.45) is 0 Å². The molecule has 0 fully saturated rings. The Balaban J connectivity index is 3.83. The molecule has 0 aromatic heterocycles. The minimum atomic E-state index is -0.712. The molecule has 0 saturated heterocycles. The molecule has 0 radical (unpaired) electrons. The molecule has 96 valence electrons. The van der Waals surface area contributed by atoms with Crippen molar-refractivity contribution in [3.63, 3.8) is 0 Å². The van der Waals surface area contributed by atoms with Crippen LogP contribution in [0, 0.1) is 0 Å². The van der Waals surface area contributed by atoms with Crippen LogP contribution in [0.1, 0.15) is 65.7 Å². The molecule has 0 spiro atoms. The summed E-state index contributed by atoms with van der Waals surface area (Å²) < 4.78 is 0. The Morgan fingerprint density at radius 3 is 2.25 bits per heavy atom. The molecule has 2 atom stereocenters. The van der Waals surface area contributed by atoms with Crippen LogP contribution in [-0.2, 0) is 4.79 Å². The van der Waals surface area contributed by atoms with E-state index >= 15 is 0 Å². The van der Waals surface area contributed by atoms with Gasteiger partial charge in [0.25, 0.3) is 0 Å². The summed E-state index contributed by atoms with van der Waals surface area (Å²) in [4.78, 5) is 11.0. The maximum atomic E-state index is 11.0.